The third-order valence-corrected chi connectivity index (χ3v) is 6.17. The number of aryl methyl sites for hydroxylation is 2. The highest BCUT2D eigenvalue weighted by Crippen LogP contribution is 2.28. The van der Waals surface area contributed by atoms with Gasteiger partial charge in [0, 0.05) is 50.5 Å². The molecule has 2 aliphatic rings. The summed E-state index contributed by atoms with van der Waals surface area (Å²) in [5.74, 6) is 3.09. The zero-order chi connectivity index (χ0) is 19.5. The van der Waals surface area contributed by atoms with Crippen LogP contribution in [0.4, 0.5) is 17.3 Å². The Morgan fingerprint density at radius 1 is 0.893 bits per heavy atom. The Morgan fingerprint density at radius 3 is 2.39 bits per heavy atom. The summed E-state index contributed by atoms with van der Waals surface area (Å²) in [7, 11) is 0. The van der Waals surface area contributed by atoms with Crippen LogP contribution in [0.25, 0.3) is 0 Å². The van der Waals surface area contributed by atoms with E-state index in [1.807, 2.05) is 6.92 Å². The van der Waals surface area contributed by atoms with Crippen molar-refractivity contribution in [2.24, 2.45) is 0 Å². The molecule has 2 aliphatic heterocycles. The molecule has 0 N–H and O–H groups in total. The maximum absolute atomic E-state index is 4.80. The van der Waals surface area contributed by atoms with Crippen LogP contribution in [0.1, 0.15) is 44.0 Å². The number of benzene rings is 1. The standard InChI is InChI=1S/C23H33N5/c1-4-20-9-5-6-11-28(20)23-17-22(24-19(3)25-23)27-14-12-26(13-15-27)21-10-7-8-18(2)16-21/h7-8,10,16-17,20H,4-6,9,11-15H2,1-3H3. The van der Waals surface area contributed by atoms with E-state index in [9.17, 15) is 0 Å². The first-order valence-corrected chi connectivity index (χ1v) is 10.8. The molecule has 4 rings (SSSR count). The molecule has 2 fully saturated rings. The molecule has 5 nitrogen and oxygen atoms in total. The average molecular weight is 380 g/mol. The molecule has 1 unspecified atom stereocenters. The number of nitrogens with zero attached hydrogens (tertiary/aromatic N) is 5. The predicted octanol–water partition coefficient (Wildman–Crippen LogP) is 4.19. The number of hydrogen-bond donors (Lipinski definition) is 0. The Labute approximate surface area is 169 Å². The topological polar surface area (TPSA) is 35.5 Å². The molecule has 1 aromatic heterocycles. The largest absolute Gasteiger partial charge is 0.368 e. The first kappa shape index (κ1) is 19.0. The van der Waals surface area contributed by atoms with Crippen molar-refractivity contribution in [3.8, 4) is 0 Å². The van der Waals surface area contributed by atoms with Gasteiger partial charge in [0.05, 0.1) is 0 Å². The highest BCUT2D eigenvalue weighted by atomic mass is 15.3. The van der Waals surface area contributed by atoms with Gasteiger partial charge in [-0.2, -0.15) is 0 Å². The van der Waals surface area contributed by atoms with Gasteiger partial charge in [0.2, 0.25) is 0 Å². The average Bonchev–Trinajstić information content (AvgIpc) is 2.73. The first-order valence-electron chi connectivity index (χ1n) is 10.8. The van der Waals surface area contributed by atoms with E-state index in [1.54, 1.807) is 0 Å². The summed E-state index contributed by atoms with van der Waals surface area (Å²) in [6.07, 6.45) is 5.08. The van der Waals surface area contributed by atoms with Gasteiger partial charge in [0.1, 0.15) is 17.5 Å². The first-order chi connectivity index (χ1) is 13.6. The minimum absolute atomic E-state index is 0.620. The summed E-state index contributed by atoms with van der Waals surface area (Å²) in [6.45, 7) is 11.7. The number of rotatable bonds is 4. The van der Waals surface area contributed by atoms with Crippen LogP contribution in [0, 0.1) is 13.8 Å². The van der Waals surface area contributed by atoms with E-state index in [1.165, 1.54) is 36.9 Å². The summed E-state index contributed by atoms with van der Waals surface area (Å²) in [4.78, 5) is 17.0. The molecule has 1 aromatic carbocycles. The molecule has 0 bridgehead atoms. The fraction of sp³-hybridized carbons (Fsp3) is 0.565. The smallest absolute Gasteiger partial charge is 0.134 e. The molecule has 2 saturated heterocycles. The minimum Gasteiger partial charge on any atom is -0.368 e. The van der Waals surface area contributed by atoms with Crippen LogP contribution in [0.15, 0.2) is 30.3 Å². The van der Waals surface area contributed by atoms with E-state index in [0.717, 1.165) is 50.2 Å². The zero-order valence-electron chi connectivity index (χ0n) is 17.6. The molecule has 3 heterocycles. The van der Waals surface area contributed by atoms with Crippen molar-refractivity contribution in [2.45, 2.75) is 52.5 Å². The molecule has 0 amide bonds. The summed E-state index contributed by atoms with van der Waals surface area (Å²) in [5, 5.41) is 0. The van der Waals surface area contributed by atoms with Crippen LogP contribution in [0.3, 0.4) is 0 Å². The van der Waals surface area contributed by atoms with Crippen molar-refractivity contribution < 1.29 is 0 Å². The van der Waals surface area contributed by atoms with Gasteiger partial charge in [0.25, 0.3) is 0 Å². The van der Waals surface area contributed by atoms with Crippen molar-refractivity contribution >= 4 is 17.3 Å². The molecule has 150 valence electrons. The normalized spacial score (nSPS) is 20.5. The van der Waals surface area contributed by atoms with Gasteiger partial charge in [0.15, 0.2) is 0 Å². The Morgan fingerprint density at radius 2 is 1.64 bits per heavy atom. The van der Waals surface area contributed by atoms with Crippen LogP contribution >= 0.6 is 0 Å². The quantitative estimate of drug-likeness (QED) is 0.796. The summed E-state index contributed by atoms with van der Waals surface area (Å²) >= 11 is 0. The van der Waals surface area contributed by atoms with Gasteiger partial charge in [-0.1, -0.05) is 19.1 Å². The Bertz CT molecular complexity index is 797. The molecular weight excluding hydrogens is 346 g/mol. The maximum atomic E-state index is 4.80. The van der Waals surface area contributed by atoms with E-state index in [0.29, 0.717) is 6.04 Å². The molecule has 0 radical (unpaired) electrons. The molecule has 0 spiro atoms. The number of anilines is 3. The van der Waals surface area contributed by atoms with E-state index < -0.39 is 0 Å². The number of piperidine rings is 1. The number of aromatic nitrogens is 2. The lowest BCUT2D eigenvalue weighted by Gasteiger charge is -2.38. The number of piperazine rings is 1. The Hall–Kier alpha value is -2.30. The van der Waals surface area contributed by atoms with Crippen LogP contribution in [-0.4, -0.2) is 48.7 Å². The molecule has 5 heteroatoms. The summed E-state index contributed by atoms with van der Waals surface area (Å²) in [6, 6.07) is 11.7. The van der Waals surface area contributed by atoms with Crippen LogP contribution < -0.4 is 14.7 Å². The van der Waals surface area contributed by atoms with E-state index in [-0.39, 0.29) is 0 Å². The van der Waals surface area contributed by atoms with Crippen molar-refractivity contribution in [2.75, 3.05) is 47.4 Å². The minimum atomic E-state index is 0.620. The number of hydrogen-bond acceptors (Lipinski definition) is 5. The lowest BCUT2D eigenvalue weighted by molar-refractivity contribution is 0.446. The molecule has 28 heavy (non-hydrogen) atoms. The Kier molecular flexibility index (Phi) is 5.69. The van der Waals surface area contributed by atoms with Crippen molar-refractivity contribution in [3.63, 3.8) is 0 Å². The molecule has 0 saturated carbocycles. The van der Waals surface area contributed by atoms with Gasteiger partial charge in [-0.3, -0.25) is 0 Å². The van der Waals surface area contributed by atoms with E-state index >= 15 is 0 Å². The zero-order valence-corrected chi connectivity index (χ0v) is 17.6. The third kappa shape index (κ3) is 4.08. The molecule has 2 aromatic rings. The van der Waals surface area contributed by atoms with Gasteiger partial charge >= 0.3 is 0 Å². The fourth-order valence-corrected chi connectivity index (χ4v) is 4.59. The second kappa shape index (κ2) is 8.38. The fourth-order valence-electron chi connectivity index (χ4n) is 4.59. The molecule has 1 atom stereocenters. The molecule has 0 aliphatic carbocycles. The predicted molar refractivity (Wildman–Crippen MR) is 118 cm³/mol. The Balaban J connectivity index is 1.48. The highest BCUT2D eigenvalue weighted by Gasteiger charge is 2.24. The van der Waals surface area contributed by atoms with Crippen LogP contribution in [0.5, 0.6) is 0 Å². The van der Waals surface area contributed by atoms with Crippen LogP contribution in [0.2, 0.25) is 0 Å². The second-order valence-corrected chi connectivity index (χ2v) is 8.20. The summed E-state index contributed by atoms with van der Waals surface area (Å²) < 4.78 is 0. The van der Waals surface area contributed by atoms with Gasteiger partial charge in [-0.25, -0.2) is 9.97 Å². The monoisotopic (exact) mass is 379 g/mol. The third-order valence-electron chi connectivity index (χ3n) is 6.17. The van der Waals surface area contributed by atoms with Crippen LogP contribution in [-0.2, 0) is 0 Å². The lowest BCUT2D eigenvalue weighted by Crippen LogP contribution is -2.47. The molecular formula is C23H33N5. The summed E-state index contributed by atoms with van der Waals surface area (Å²) in [5.41, 5.74) is 2.65. The van der Waals surface area contributed by atoms with Gasteiger partial charge < -0.3 is 14.7 Å². The van der Waals surface area contributed by atoms with E-state index in [4.69, 9.17) is 9.97 Å². The van der Waals surface area contributed by atoms with Crippen molar-refractivity contribution in [1.29, 1.82) is 0 Å². The van der Waals surface area contributed by atoms with Gasteiger partial charge in [-0.05, 0) is 57.2 Å². The maximum Gasteiger partial charge on any atom is 0.134 e. The highest BCUT2D eigenvalue weighted by molar-refractivity contribution is 5.54. The van der Waals surface area contributed by atoms with Crippen molar-refractivity contribution in [3.05, 3.63) is 41.7 Å². The lowest BCUT2D eigenvalue weighted by atomic mass is 10.00. The van der Waals surface area contributed by atoms with Crippen molar-refractivity contribution in [1.82, 2.24) is 9.97 Å². The van der Waals surface area contributed by atoms with Gasteiger partial charge in [-0.15, -0.1) is 0 Å². The SMILES string of the molecule is CCC1CCCCN1c1cc(N2CCN(c3cccc(C)c3)CC2)nc(C)n1. The second-order valence-electron chi connectivity index (χ2n) is 8.20. The van der Waals surface area contributed by atoms with E-state index in [2.05, 4.69) is 58.9 Å².